The van der Waals surface area contributed by atoms with Gasteiger partial charge in [0.15, 0.2) is 0 Å². The lowest BCUT2D eigenvalue weighted by Gasteiger charge is -2.00. The second-order valence-electron chi connectivity index (χ2n) is 3.26. The van der Waals surface area contributed by atoms with E-state index in [1.54, 1.807) is 0 Å². The lowest BCUT2D eigenvalue weighted by molar-refractivity contribution is 0.427. The Bertz CT molecular complexity index is 300. The first-order valence-electron chi connectivity index (χ1n) is 4.55. The first-order valence-corrected chi connectivity index (χ1v) is 4.55. The minimum Gasteiger partial charge on any atom is -0.373 e. The van der Waals surface area contributed by atoms with Gasteiger partial charge in [0.1, 0.15) is 0 Å². The SMILES string of the molecule is C=Cc1cccc(C[CH]C2CO2)c1. The molecule has 1 radical (unpaired) electrons. The second-order valence-corrected chi connectivity index (χ2v) is 3.26. The molecule has 1 unspecified atom stereocenters. The van der Waals surface area contributed by atoms with Gasteiger partial charge in [0, 0.05) is 0 Å². The van der Waals surface area contributed by atoms with Crippen LogP contribution < -0.4 is 0 Å². The maximum atomic E-state index is 5.11. The standard InChI is InChI=1S/C12H13O/c1-2-10-4-3-5-11(8-10)6-7-12-9-13-12/h2-5,7-8,12H,1,6,9H2. The Morgan fingerprint density at radius 2 is 2.38 bits per heavy atom. The average Bonchev–Trinajstić information content (AvgIpc) is 2.99. The molecule has 1 aromatic rings. The number of hydrogen-bond acceptors (Lipinski definition) is 1. The van der Waals surface area contributed by atoms with Gasteiger partial charge in [0.05, 0.1) is 12.7 Å². The molecular weight excluding hydrogens is 160 g/mol. The van der Waals surface area contributed by atoms with Gasteiger partial charge in [-0.2, -0.15) is 0 Å². The summed E-state index contributed by atoms with van der Waals surface area (Å²) < 4.78 is 5.11. The Hall–Kier alpha value is -1.08. The number of rotatable bonds is 4. The molecule has 0 spiro atoms. The molecule has 0 saturated carbocycles. The zero-order valence-corrected chi connectivity index (χ0v) is 7.57. The summed E-state index contributed by atoms with van der Waals surface area (Å²) in [5.41, 5.74) is 2.51. The molecule has 1 aliphatic heterocycles. The molecule has 1 aliphatic rings. The molecule has 13 heavy (non-hydrogen) atoms. The molecule has 2 rings (SSSR count). The fourth-order valence-electron chi connectivity index (χ4n) is 1.31. The van der Waals surface area contributed by atoms with Gasteiger partial charge in [0.25, 0.3) is 0 Å². The Morgan fingerprint density at radius 3 is 3.08 bits per heavy atom. The fourth-order valence-corrected chi connectivity index (χ4v) is 1.31. The van der Waals surface area contributed by atoms with Crippen LogP contribution in [-0.4, -0.2) is 12.7 Å². The normalized spacial score (nSPS) is 19.8. The zero-order chi connectivity index (χ0) is 9.10. The molecule has 67 valence electrons. The van der Waals surface area contributed by atoms with Gasteiger partial charge in [-0.1, -0.05) is 36.9 Å². The third-order valence-corrected chi connectivity index (χ3v) is 2.16. The molecule has 0 aromatic heterocycles. The van der Waals surface area contributed by atoms with Gasteiger partial charge in [-0.15, -0.1) is 0 Å². The summed E-state index contributed by atoms with van der Waals surface area (Å²) in [4.78, 5) is 0. The summed E-state index contributed by atoms with van der Waals surface area (Å²) >= 11 is 0. The van der Waals surface area contributed by atoms with Crippen molar-refractivity contribution in [3.8, 4) is 0 Å². The van der Waals surface area contributed by atoms with Crippen LogP contribution in [0.4, 0.5) is 0 Å². The summed E-state index contributed by atoms with van der Waals surface area (Å²) in [7, 11) is 0. The lowest BCUT2D eigenvalue weighted by Crippen LogP contribution is -1.92. The monoisotopic (exact) mass is 173 g/mol. The smallest absolute Gasteiger partial charge is 0.0844 e. The first kappa shape index (κ1) is 8.52. The van der Waals surface area contributed by atoms with Crippen molar-refractivity contribution in [2.24, 2.45) is 0 Å². The van der Waals surface area contributed by atoms with Crippen LogP contribution in [0.5, 0.6) is 0 Å². The quantitative estimate of drug-likeness (QED) is 0.637. The van der Waals surface area contributed by atoms with Crippen LogP contribution in [0.15, 0.2) is 30.8 Å². The van der Waals surface area contributed by atoms with E-state index in [1.165, 1.54) is 11.1 Å². The highest BCUT2D eigenvalue weighted by Crippen LogP contribution is 2.16. The van der Waals surface area contributed by atoms with E-state index < -0.39 is 0 Å². The van der Waals surface area contributed by atoms with E-state index in [9.17, 15) is 0 Å². The van der Waals surface area contributed by atoms with Crippen molar-refractivity contribution < 1.29 is 4.74 Å². The van der Waals surface area contributed by atoms with Crippen LogP contribution in [0.1, 0.15) is 11.1 Å². The van der Waals surface area contributed by atoms with Crippen LogP contribution >= 0.6 is 0 Å². The van der Waals surface area contributed by atoms with E-state index in [1.807, 2.05) is 6.08 Å². The number of epoxide rings is 1. The van der Waals surface area contributed by atoms with E-state index >= 15 is 0 Å². The molecule has 1 fully saturated rings. The highest BCUT2D eigenvalue weighted by atomic mass is 16.6. The van der Waals surface area contributed by atoms with Crippen molar-refractivity contribution in [3.05, 3.63) is 48.4 Å². The van der Waals surface area contributed by atoms with Gasteiger partial charge < -0.3 is 4.74 Å². The Labute approximate surface area is 79.0 Å². The molecule has 1 nitrogen and oxygen atoms in total. The maximum absolute atomic E-state index is 5.11. The van der Waals surface area contributed by atoms with Gasteiger partial charge >= 0.3 is 0 Å². The molecule has 1 heterocycles. The Morgan fingerprint density at radius 1 is 1.54 bits per heavy atom. The largest absolute Gasteiger partial charge is 0.373 e. The number of hydrogen-bond donors (Lipinski definition) is 0. The molecule has 1 aromatic carbocycles. The van der Waals surface area contributed by atoms with E-state index in [2.05, 4.69) is 37.3 Å². The first-order chi connectivity index (χ1) is 6.38. The van der Waals surface area contributed by atoms with Crippen molar-refractivity contribution in [2.45, 2.75) is 12.5 Å². The predicted molar refractivity (Wildman–Crippen MR) is 54.3 cm³/mol. The molecule has 1 heteroatoms. The molecular formula is C12H13O. The van der Waals surface area contributed by atoms with E-state index in [4.69, 9.17) is 4.74 Å². The molecule has 0 N–H and O–H groups in total. The third-order valence-electron chi connectivity index (χ3n) is 2.16. The fraction of sp³-hybridized carbons (Fsp3) is 0.250. The van der Waals surface area contributed by atoms with Crippen LogP contribution in [0, 0.1) is 6.42 Å². The third kappa shape index (κ3) is 2.43. The Kier molecular flexibility index (Phi) is 2.46. The molecule has 0 bridgehead atoms. The van der Waals surface area contributed by atoms with E-state index in [-0.39, 0.29) is 0 Å². The van der Waals surface area contributed by atoms with Gasteiger partial charge in [-0.25, -0.2) is 0 Å². The van der Waals surface area contributed by atoms with Crippen molar-refractivity contribution in [2.75, 3.05) is 6.61 Å². The van der Waals surface area contributed by atoms with Crippen LogP contribution in [0.25, 0.3) is 6.08 Å². The molecule has 0 aliphatic carbocycles. The molecule has 1 saturated heterocycles. The predicted octanol–water partition coefficient (Wildman–Crippen LogP) is 2.48. The summed E-state index contributed by atoms with van der Waals surface area (Å²) in [6.07, 6.45) is 5.48. The minimum atomic E-state index is 0.410. The second kappa shape index (κ2) is 3.75. The van der Waals surface area contributed by atoms with Crippen molar-refractivity contribution in [3.63, 3.8) is 0 Å². The highest BCUT2D eigenvalue weighted by molar-refractivity contribution is 5.48. The molecule has 1 atom stereocenters. The number of benzene rings is 1. The molecule has 0 amide bonds. The van der Waals surface area contributed by atoms with E-state index in [0.717, 1.165) is 13.0 Å². The number of ether oxygens (including phenoxy) is 1. The zero-order valence-electron chi connectivity index (χ0n) is 7.57. The van der Waals surface area contributed by atoms with Crippen LogP contribution in [0.2, 0.25) is 0 Å². The van der Waals surface area contributed by atoms with Crippen molar-refractivity contribution in [1.82, 2.24) is 0 Å². The topological polar surface area (TPSA) is 12.5 Å². The van der Waals surface area contributed by atoms with Gasteiger partial charge in [0.2, 0.25) is 0 Å². The van der Waals surface area contributed by atoms with Crippen LogP contribution in [-0.2, 0) is 11.2 Å². The van der Waals surface area contributed by atoms with Gasteiger partial charge in [-0.05, 0) is 24.0 Å². The van der Waals surface area contributed by atoms with Crippen molar-refractivity contribution >= 4 is 6.08 Å². The summed E-state index contributed by atoms with van der Waals surface area (Å²) in [5, 5.41) is 0. The Balaban J connectivity index is 1.97. The van der Waals surface area contributed by atoms with E-state index in [0.29, 0.717) is 6.10 Å². The van der Waals surface area contributed by atoms with Gasteiger partial charge in [-0.3, -0.25) is 0 Å². The highest BCUT2D eigenvalue weighted by Gasteiger charge is 2.21. The summed E-state index contributed by atoms with van der Waals surface area (Å²) in [6.45, 7) is 4.65. The minimum absolute atomic E-state index is 0.410. The summed E-state index contributed by atoms with van der Waals surface area (Å²) in [6, 6.07) is 8.41. The summed E-state index contributed by atoms with van der Waals surface area (Å²) in [5.74, 6) is 0. The van der Waals surface area contributed by atoms with Crippen molar-refractivity contribution in [1.29, 1.82) is 0 Å². The van der Waals surface area contributed by atoms with Crippen LogP contribution in [0.3, 0.4) is 0 Å². The average molecular weight is 173 g/mol. The maximum Gasteiger partial charge on any atom is 0.0844 e. The lowest BCUT2D eigenvalue weighted by atomic mass is 10.1.